The van der Waals surface area contributed by atoms with Crippen molar-refractivity contribution in [1.82, 2.24) is 5.32 Å². The van der Waals surface area contributed by atoms with Gasteiger partial charge in [0.15, 0.2) is 0 Å². The summed E-state index contributed by atoms with van der Waals surface area (Å²) < 4.78 is 45.9. The topological polar surface area (TPSA) is 67.9 Å². The highest BCUT2D eigenvalue weighted by molar-refractivity contribution is 6.00. The van der Waals surface area contributed by atoms with Gasteiger partial charge in [-0.15, -0.1) is 13.2 Å². The average Bonchev–Trinajstić information content (AvgIpc) is 2.93. The summed E-state index contributed by atoms with van der Waals surface area (Å²) in [6, 6.07) is 5.32. The van der Waals surface area contributed by atoms with E-state index in [1.54, 1.807) is 4.90 Å². The highest BCUT2D eigenvalue weighted by Crippen LogP contribution is 2.46. The fourth-order valence-electron chi connectivity index (χ4n) is 3.83. The Balaban J connectivity index is 1.63. The number of carbonyl (C=O) groups is 2. The standard InChI is InChI=1S/C18H21F3N2O4/c1-22-16(25)26-13-6-8-17(9-7-13)10-11-23(15(17)24)12-2-4-14(5-3-12)27-18(19,20)21/h2-5,13H,6-11H2,1H3,(H,22,25). The summed E-state index contributed by atoms with van der Waals surface area (Å²) >= 11 is 0. The Morgan fingerprint density at radius 2 is 1.81 bits per heavy atom. The lowest BCUT2D eigenvalue weighted by atomic mass is 9.72. The van der Waals surface area contributed by atoms with Gasteiger partial charge in [-0.2, -0.15) is 0 Å². The number of alkyl carbamates (subject to hydrolysis) is 1. The number of nitrogens with zero attached hydrogens (tertiary/aromatic N) is 1. The molecular formula is C18H21F3N2O4. The predicted molar refractivity (Wildman–Crippen MR) is 90.3 cm³/mol. The molecule has 1 N–H and O–H groups in total. The first-order valence-electron chi connectivity index (χ1n) is 8.79. The number of amides is 2. The SMILES string of the molecule is CNC(=O)OC1CCC2(CC1)CCN(c1ccc(OC(F)(F)F)cc1)C2=O. The number of ether oxygens (including phenoxy) is 2. The number of rotatable bonds is 3. The van der Waals surface area contributed by atoms with Crippen molar-refractivity contribution in [2.75, 3.05) is 18.5 Å². The number of nitrogens with one attached hydrogen (secondary N) is 1. The van der Waals surface area contributed by atoms with E-state index in [4.69, 9.17) is 4.74 Å². The van der Waals surface area contributed by atoms with Crippen molar-refractivity contribution in [2.45, 2.75) is 44.6 Å². The zero-order valence-corrected chi connectivity index (χ0v) is 14.8. The molecule has 1 aromatic carbocycles. The zero-order valence-electron chi connectivity index (χ0n) is 14.8. The van der Waals surface area contributed by atoms with E-state index in [0.717, 1.165) is 0 Å². The fourth-order valence-corrected chi connectivity index (χ4v) is 3.83. The lowest BCUT2D eigenvalue weighted by molar-refractivity contribution is -0.274. The number of hydrogen-bond acceptors (Lipinski definition) is 4. The smallest absolute Gasteiger partial charge is 0.446 e. The minimum absolute atomic E-state index is 0.0228. The van der Waals surface area contributed by atoms with Gasteiger partial charge in [0.25, 0.3) is 0 Å². The van der Waals surface area contributed by atoms with Gasteiger partial charge in [0.2, 0.25) is 5.91 Å². The van der Waals surface area contributed by atoms with E-state index >= 15 is 0 Å². The highest BCUT2D eigenvalue weighted by atomic mass is 19.4. The zero-order chi connectivity index (χ0) is 19.7. The Morgan fingerprint density at radius 1 is 1.19 bits per heavy atom. The highest BCUT2D eigenvalue weighted by Gasteiger charge is 2.49. The van der Waals surface area contributed by atoms with Crippen molar-refractivity contribution in [3.63, 3.8) is 0 Å². The van der Waals surface area contributed by atoms with Crippen LogP contribution in [0.25, 0.3) is 0 Å². The molecule has 148 valence electrons. The molecule has 2 amide bonds. The van der Waals surface area contributed by atoms with Crippen molar-refractivity contribution in [3.8, 4) is 5.75 Å². The van der Waals surface area contributed by atoms with Gasteiger partial charge < -0.3 is 19.7 Å². The molecule has 0 aromatic heterocycles. The summed E-state index contributed by atoms with van der Waals surface area (Å²) in [7, 11) is 1.50. The van der Waals surface area contributed by atoms with Gasteiger partial charge in [0.05, 0.1) is 5.41 Å². The second-order valence-electron chi connectivity index (χ2n) is 6.88. The molecule has 1 saturated heterocycles. The van der Waals surface area contributed by atoms with Crippen LogP contribution in [0.5, 0.6) is 5.75 Å². The van der Waals surface area contributed by atoms with Crippen LogP contribution in [0, 0.1) is 5.41 Å². The van der Waals surface area contributed by atoms with Crippen molar-refractivity contribution in [3.05, 3.63) is 24.3 Å². The Morgan fingerprint density at radius 3 is 2.37 bits per heavy atom. The Labute approximate surface area is 154 Å². The molecule has 1 aromatic rings. The third-order valence-corrected chi connectivity index (χ3v) is 5.26. The summed E-state index contributed by atoms with van der Waals surface area (Å²) in [6.45, 7) is 0.513. The van der Waals surface area contributed by atoms with Crippen LogP contribution < -0.4 is 15.0 Å². The average molecular weight is 386 g/mol. The Bertz CT molecular complexity index is 698. The lowest BCUT2D eigenvalue weighted by Gasteiger charge is -2.35. The quantitative estimate of drug-likeness (QED) is 0.862. The summed E-state index contributed by atoms with van der Waals surface area (Å²) in [6.07, 6.45) is -2.26. The maximum Gasteiger partial charge on any atom is 0.573 e. The number of anilines is 1. The van der Waals surface area contributed by atoms with E-state index in [1.807, 2.05) is 0 Å². The molecule has 27 heavy (non-hydrogen) atoms. The molecule has 1 heterocycles. The molecule has 2 fully saturated rings. The number of carbonyl (C=O) groups excluding carboxylic acids is 2. The van der Waals surface area contributed by atoms with Crippen LogP contribution in [-0.4, -0.2) is 38.1 Å². The Kier molecular flexibility index (Phi) is 5.21. The molecule has 9 heteroatoms. The van der Waals surface area contributed by atoms with E-state index in [-0.39, 0.29) is 17.8 Å². The first-order chi connectivity index (χ1) is 12.7. The second kappa shape index (κ2) is 7.28. The van der Waals surface area contributed by atoms with Crippen molar-refractivity contribution in [1.29, 1.82) is 0 Å². The fraction of sp³-hybridized carbons (Fsp3) is 0.556. The van der Waals surface area contributed by atoms with Crippen LogP contribution in [0.3, 0.4) is 0 Å². The van der Waals surface area contributed by atoms with Crippen molar-refractivity contribution >= 4 is 17.7 Å². The normalized spacial score (nSPS) is 25.6. The largest absolute Gasteiger partial charge is 0.573 e. The van der Waals surface area contributed by atoms with Gasteiger partial charge >= 0.3 is 12.5 Å². The first kappa shape index (κ1) is 19.3. The van der Waals surface area contributed by atoms with Crippen molar-refractivity contribution in [2.24, 2.45) is 5.41 Å². The van der Waals surface area contributed by atoms with Gasteiger partial charge in [-0.05, 0) is 56.4 Å². The third kappa shape index (κ3) is 4.28. The summed E-state index contributed by atoms with van der Waals surface area (Å²) in [5.41, 5.74) is 0.0686. The molecule has 1 saturated carbocycles. The van der Waals surface area contributed by atoms with Crippen molar-refractivity contribution < 1.29 is 32.2 Å². The third-order valence-electron chi connectivity index (χ3n) is 5.26. The van der Waals surface area contributed by atoms with E-state index in [1.165, 1.54) is 31.3 Å². The van der Waals surface area contributed by atoms with Gasteiger partial charge in [-0.25, -0.2) is 4.79 Å². The maximum absolute atomic E-state index is 13.0. The van der Waals surface area contributed by atoms with Crippen LogP contribution in [-0.2, 0) is 9.53 Å². The molecule has 0 bridgehead atoms. The monoisotopic (exact) mass is 386 g/mol. The summed E-state index contributed by atoms with van der Waals surface area (Å²) in [5, 5.41) is 2.41. The molecule has 0 radical (unpaired) electrons. The van der Waals surface area contributed by atoms with Gasteiger partial charge in [0, 0.05) is 19.3 Å². The van der Waals surface area contributed by atoms with Crippen LogP contribution in [0.15, 0.2) is 24.3 Å². The molecule has 1 aliphatic carbocycles. The van der Waals surface area contributed by atoms with E-state index < -0.39 is 17.9 Å². The van der Waals surface area contributed by atoms with E-state index in [9.17, 15) is 22.8 Å². The predicted octanol–water partition coefficient (Wildman–Crippen LogP) is 3.61. The van der Waals surface area contributed by atoms with Gasteiger partial charge in [-0.1, -0.05) is 0 Å². The maximum atomic E-state index is 13.0. The van der Waals surface area contributed by atoms with Gasteiger partial charge in [0.1, 0.15) is 11.9 Å². The second-order valence-corrected chi connectivity index (χ2v) is 6.88. The van der Waals surface area contributed by atoms with Gasteiger partial charge in [-0.3, -0.25) is 4.79 Å². The molecule has 0 atom stereocenters. The molecule has 2 aliphatic rings. The molecule has 1 aliphatic heterocycles. The minimum atomic E-state index is -4.75. The molecule has 3 rings (SSSR count). The number of halogens is 3. The van der Waals surface area contributed by atoms with E-state index in [2.05, 4.69) is 10.1 Å². The van der Waals surface area contributed by atoms with Crippen LogP contribution in [0.4, 0.5) is 23.7 Å². The number of hydrogen-bond donors (Lipinski definition) is 1. The Hall–Kier alpha value is -2.45. The number of alkyl halides is 3. The molecule has 6 nitrogen and oxygen atoms in total. The van der Waals surface area contributed by atoms with Crippen LogP contribution in [0.2, 0.25) is 0 Å². The summed E-state index contributed by atoms with van der Waals surface area (Å²) in [4.78, 5) is 25.9. The molecule has 1 spiro atoms. The van der Waals surface area contributed by atoms with Crippen LogP contribution >= 0.6 is 0 Å². The summed E-state index contributed by atoms with van der Waals surface area (Å²) in [5.74, 6) is -0.343. The minimum Gasteiger partial charge on any atom is -0.446 e. The number of benzene rings is 1. The van der Waals surface area contributed by atoms with Crippen LogP contribution in [0.1, 0.15) is 32.1 Å². The lowest BCUT2D eigenvalue weighted by Crippen LogP contribution is -2.40. The molecule has 0 unspecified atom stereocenters. The van der Waals surface area contributed by atoms with E-state index in [0.29, 0.717) is 44.3 Å². The first-order valence-corrected chi connectivity index (χ1v) is 8.79. The molecular weight excluding hydrogens is 365 g/mol.